The van der Waals surface area contributed by atoms with E-state index in [4.69, 9.17) is 15.2 Å². The summed E-state index contributed by atoms with van der Waals surface area (Å²) < 4.78 is 12.0. The van der Waals surface area contributed by atoms with Crippen molar-refractivity contribution in [3.63, 3.8) is 0 Å². The van der Waals surface area contributed by atoms with Gasteiger partial charge in [0.15, 0.2) is 6.35 Å². The number of likely N-dealkylation sites (N-methyl/N-ethyl adjacent to an activating group) is 2. The molecule has 2 aromatic carbocycles. The average molecular weight is 1300 g/mol. The molecule has 12 atom stereocenters. The number of aliphatic hydroxyl groups excluding tert-OH is 1. The van der Waals surface area contributed by atoms with Crippen LogP contribution >= 0.6 is 0 Å². The van der Waals surface area contributed by atoms with E-state index in [2.05, 4.69) is 31.9 Å². The summed E-state index contributed by atoms with van der Waals surface area (Å²) >= 11 is 0. The SMILES string of the molecule is CC[C@H](C)[C@@H]([C@@H](CC(=O)N1CCC[C@H]1[C@H](OC)[C@@H](C)C(=O)N[C@@H](Cc1ccccc1)C(=O)O)OC)N(C)C(=O)[C@@H](NC(=O)[C@H](C(C)C)N(C)CCc1ccc(NC(=O)[C@H](CCCN[C@@H](N)O)NC(=O)[C@@H](NC(=O)CCCCCN2C(=O)C=CC2=O)C(C)C)cc1)C(C)C. The van der Waals surface area contributed by atoms with Crippen LogP contribution in [0.2, 0.25) is 0 Å². The number of imide groups is 1. The molecule has 2 aromatic rings. The molecule has 2 heterocycles. The number of amides is 9. The average Bonchev–Trinajstić information content (AvgIpc) is 1.83. The molecule has 0 aromatic heterocycles. The molecule has 9 amide bonds. The maximum atomic E-state index is 14.9. The van der Waals surface area contributed by atoms with Crippen molar-refractivity contribution in [1.82, 2.24) is 46.2 Å². The molecule has 25 nitrogen and oxygen atoms in total. The molecule has 0 saturated carbocycles. The predicted octanol–water partition coefficient (Wildman–Crippen LogP) is 3.71. The highest BCUT2D eigenvalue weighted by Gasteiger charge is 2.44. The van der Waals surface area contributed by atoms with Crippen LogP contribution in [0.5, 0.6) is 0 Å². The minimum atomic E-state index is -1.27. The van der Waals surface area contributed by atoms with Gasteiger partial charge in [0.25, 0.3) is 11.8 Å². The third-order valence-electron chi connectivity index (χ3n) is 17.8. The Morgan fingerprint density at radius 1 is 0.720 bits per heavy atom. The Hall–Kier alpha value is -7.16. The standard InChI is InChI=1S/C68H107N11O14/c1-14-44(8)60(52(92-12)40-56(83)78-37-22-26-51(78)61(93-13)45(9)62(84)73-50(67(89)90)39-47-23-17-15-18-24-47)77(11)66(88)58(42(4)5)75-65(87)59(43(6)7)76(10)38-34-46-28-30-48(31-29-46)71-63(85)49(25-21-35-70-68(69)91)72-64(86)57(41(2)3)74-53(80)27-19-16-20-36-79-54(81)32-33-55(79)82/h15,17-18,23-24,28-33,41-45,49-52,57-61,68,70,91H,14,16,19-22,25-27,34-40,69H2,1-13H3,(H,71,85)(H,72,86)(H,73,84)(H,74,80)(H,75,87)(H,89,90)/t44-,45+,49-,50-,51-,52+,57-,58-,59-,60-,61+,68+/m0/s1. The predicted molar refractivity (Wildman–Crippen MR) is 353 cm³/mol. The first kappa shape index (κ1) is 78.3. The molecule has 93 heavy (non-hydrogen) atoms. The molecular formula is C68H107N11O14. The summed E-state index contributed by atoms with van der Waals surface area (Å²) in [6.07, 6.45) is 4.24. The van der Waals surface area contributed by atoms with E-state index in [1.54, 1.807) is 74.0 Å². The zero-order chi connectivity index (χ0) is 69.2. The molecule has 25 heteroatoms. The summed E-state index contributed by atoms with van der Waals surface area (Å²) in [7, 11) is 6.52. The number of methoxy groups -OCH3 is 2. The lowest BCUT2D eigenvalue weighted by molar-refractivity contribution is -0.148. The van der Waals surface area contributed by atoms with E-state index in [1.807, 2.05) is 71.7 Å². The summed E-state index contributed by atoms with van der Waals surface area (Å²) in [5.41, 5.74) is 7.58. The minimum absolute atomic E-state index is 0.0879. The molecule has 2 aliphatic rings. The van der Waals surface area contributed by atoms with E-state index in [1.165, 1.54) is 26.4 Å². The number of carboxylic acid groups (broad SMARTS) is 1. The van der Waals surface area contributed by atoms with Gasteiger partial charge in [-0.1, -0.05) is 118 Å². The fourth-order valence-corrected chi connectivity index (χ4v) is 12.3. The van der Waals surface area contributed by atoms with Gasteiger partial charge in [0.1, 0.15) is 24.2 Å². The summed E-state index contributed by atoms with van der Waals surface area (Å²) in [6, 6.07) is 10.4. The maximum absolute atomic E-state index is 14.9. The first-order valence-electron chi connectivity index (χ1n) is 32.9. The monoisotopic (exact) mass is 1300 g/mol. The fourth-order valence-electron chi connectivity index (χ4n) is 12.3. The number of anilines is 1. The second-order valence-electron chi connectivity index (χ2n) is 25.9. The number of nitrogens with two attached hydrogens (primary N) is 1. The summed E-state index contributed by atoms with van der Waals surface area (Å²) in [4.78, 5) is 141. The van der Waals surface area contributed by atoms with Gasteiger partial charge in [-0.3, -0.25) is 64.0 Å². The maximum Gasteiger partial charge on any atom is 0.326 e. The molecule has 10 N–H and O–H groups in total. The Kier molecular flexibility index (Phi) is 32.7. The second kappa shape index (κ2) is 38.9. The zero-order valence-electron chi connectivity index (χ0n) is 57.0. The van der Waals surface area contributed by atoms with Crippen LogP contribution in [0.3, 0.4) is 0 Å². The molecule has 518 valence electrons. The Bertz CT molecular complexity index is 2780. The molecule has 1 fully saturated rings. The number of likely N-dealkylation sites (tertiary alicyclic amines) is 1. The van der Waals surface area contributed by atoms with Crippen LogP contribution in [0, 0.1) is 29.6 Å². The molecule has 0 bridgehead atoms. The van der Waals surface area contributed by atoms with Gasteiger partial charge in [-0.2, -0.15) is 0 Å². The lowest BCUT2D eigenvalue weighted by atomic mass is 9.89. The quantitative estimate of drug-likeness (QED) is 0.0260. The minimum Gasteiger partial charge on any atom is -0.480 e. The molecule has 1 saturated heterocycles. The number of hydrogen-bond donors (Lipinski definition) is 9. The van der Waals surface area contributed by atoms with Crippen LogP contribution in [0.15, 0.2) is 66.7 Å². The van der Waals surface area contributed by atoms with Gasteiger partial charge in [-0.05, 0) is 105 Å². The van der Waals surface area contributed by atoms with Gasteiger partial charge in [-0.15, -0.1) is 0 Å². The van der Waals surface area contributed by atoms with Gasteiger partial charge in [0, 0.05) is 71.6 Å². The number of carbonyl (C=O) groups is 10. The molecule has 4 rings (SSSR count). The smallest absolute Gasteiger partial charge is 0.326 e. The topological polar surface area (TPSA) is 341 Å². The lowest BCUT2D eigenvalue weighted by Crippen LogP contribution is -2.60. The molecular weight excluding hydrogens is 1190 g/mol. The number of ether oxygens (including phenoxy) is 2. The summed E-state index contributed by atoms with van der Waals surface area (Å²) in [6.45, 7) is 18.2. The highest BCUT2D eigenvalue weighted by atomic mass is 16.5. The van der Waals surface area contributed by atoms with Gasteiger partial charge in [0.05, 0.1) is 42.7 Å². The van der Waals surface area contributed by atoms with E-state index in [9.17, 15) is 58.2 Å². The van der Waals surface area contributed by atoms with Crippen LogP contribution in [-0.4, -0.2) is 204 Å². The number of aliphatic carboxylic acids is 1. The van der Waals surface area contributed by atoms with Gasteiger partial charge in [-0.25, -0.2) is 4.79 Å². The van der Waals surface area contributed by atoms with Gasteiger partial charge < -0.3 is 56.1 Å². The number of rotatable bonds is 41. The first-order chi connectivity index (χ1) is 44.0. The van der Waals surface area contributed by atoms with E-state index in [0.717, 1.165) is 16.0 Å². The number of carboxylic acids is 1. The number of nitrogens with zero attached hydrogens (tertiary/aromatic N) is 4. The normalized spacial score (nSPS) is 17.7. The molecule has 0 aliphatic carbocycles. The number of hydrogen-bond acceptors (Lipinski definition) is 16. The van der Waals surface area contributed by atoms with E-state index in [-0.39, 0.29) is 97.9 Å². The third-order valence-corrected chi connectivity index (χ3v) is 17.8. The Labute approximate surface area is 549 Å². The molecule has 0 radical (unpaired) electrons. The lowest BCUT2D eigenvalue weighted by Gasteiger charge is -2.41. The van der Waals surface area contributed by atoms with Crippen molar-refractivity contribution in [2.75, 3.05) is 59.8 Å². The van der Waals surface area contributed by atoms with Gasteiger partial charge in [0.2, 0.25) is 41.4 Å². The van der Waals surface area contributed by atoms with Crippen LogP contribution in [0.4, 0.5) is 5.69 Å². The third kappa shape index (κ3) is 24.0. The number of aliphatic hydroxyl groups is 1. The van der Waals surface area contributed by atoms with Crippen molar-refractivity contribution in [2.24, 2.45) is 35.3 Å². The van der Waals surface area contributed by atoms with Crippen LogP contribution in [-0.2, 0) is 70.3 Å². The summed E-state index contributed by atoms with van der Waals surface area (Å²) in [5, 5.41) is 36.6. The molecule has 0 spiro atoms. The zero-order valence-corrected chi connectivity index (χ0v) is 57.0. The van der Waals surface area contributed by atoms with Crippen LogP contribution in [0.25, 0.3) is 0 Å². The van der Waals surface area contributed by atoms with Crippen LogP contribution < -0.4 is 37.6 Å². The van der Waals surface area contributed by atoms with Crippen molar-refractivity contribution >= 4 is 64.8 Å². The molecule has 0 unspecified atom stereocenters. The number of nitrogens with one attached hydrogen (secondary N) is 6. The van der Waals surface area contributed by atoms with Crippen molar-refractivity contribution in [1.29, 1.82) is 0 Å². The van der Waals surface area contributed by atoms with Crippen molar-refractivity contribution in [3.05, 3.63) is 77.9 Å². The number of benzene rings is 2. The van der Waals surface area contributed by atoms with Crippen molar-refractivity contribution in [3.8, 4) is 0 Å². The number of unbranched alkanes of at least 4 members (excludes halogenated alkanes) is 2. The summed E-state index contributed by atoms with van der Waals surface area (Å²) in [5.74, 6) is -6.52. The number of carbonyl (C=O) groups excluding carboxylic acids is 9. The highest BCUT2D eigenvalue weighted by molar-refractivity contribution is 6.12. The molecule has 2 aliphatic heterocycles. The fraction of sp³-hybridized carbons (Fsp3) is 0.647. The highest BCUT2D eigenvalue weighted by Crippen LogP contribution is 2.30. The van der Waals surface area contributed by atoms with Crippen LogP contribution in [0.1, 0.15) is 138 Å². The Morgan fingerprint density at radius 2 is 1.35 bits per heavy atom. The van der Waals surface area contributed by atoms with Gasteiger partial charge >= 0.3 is 5.97 Å². The largest absolute Gasteiger partial charge is 0.480 e. The van der Waals surface area contributed by atoms with Crippen molar-refractivity contribution in [2.45, 2.75) is 200 Å². The Morgan fingerprint density at radius 3 is 1.92 bits per heavy atom. The Balaban J connectivity index is 1.38. The second-order valence-corrected chi connectivity index (χ2v) is 25.9. The van der Waals surface area contributed by atoms with E-state index < -0.39 is 90.5 Å². The van der Waals surface area contributed by atoms with E-state index in [0.29, 0.717) is 70.1 Å². The van der Waals surface area contributed by atoms with Crippen molar-refractivity contribution < 1.29 is 67.6 Å². The van der Waals surface area contributed by atoms with E-state index >= 15 is 0 Å². The first-order valence-corrected chi connectivity index (χ1v) is 32.9.